The lowest BCUT2D eigenvalue weighted by Gasteiger charge is -2.21. The van der Waals surface area contributed by atoms with Crippen LogP contribution in [-0.2, 0) is 33.6 Å². The summed E-state index contributed by atoms with van der Waals surface area (Å²) in [7, 11) is 0. The van der Waals surface area contributed by atoms with Gasteiger partial charge in [0.15, 0.2) is 0 Å². The molecule has 2 aliphatic rings. The second-order valence-electron chi connectivity index (χ2n) is 9.43. The number of hydrogen-bond donors (Lipinski definition) is 2. The molecule has 0 radical (unpaired) electrons. The van der Waals surface area contributed by atoms with Crippen LogP contribution in [0.2, 0.25) is 0 Å². The van der Waals surface area contributed by atoms with Crippen molar-refractivity contribution in [3.8, 4) is 0 Å². The number of carbonyl (C=O) groups is 2. The van der Waals surface area contributed by atoms with Crippen LogP contribution in [0.1, 0.15) is 88.6 Å². The monoisotopic (exact) mass is 443 g/mol. The SMILES string of the molecule is CCOC(=O)[C@H](CCCCCCCc1ccc2c(n1)CCCC2)NC(=O)[C@H]1NCC[C@@H]1C. The zero-order chi connectivity index (χ0) is 22.8. The van der Waals surface area contributed by atoms with E-state index in [4.69, 9.17) is 9.72 Å². The van der Waals surface area contributed by atoms with Gasteiger partial charge in [0.05, 0.1) is 12.6 Å². The number of hydrogen-bond acceptors (Lipinski definition) is 5. The average molecular weight is 444 g/mol. The van der Waals surface area contributed by atoms with Gasteiger partial charge in [0.25, 0.3) is 0 Å². The smallest absolute Gasteiger partial charge is 0.328 e. The van der Waals surface area contributed by atoms with E-state index < -0.39 is 6.04 Å². The van der Waals surface area contributed by atoms with Crippen LogP contribution in [0, 0.1) is 5.92 Å². The van der Waals surface area contributed by atoms with E-state index in [2.05, 4.69) is 29.7 Å². The number of ether oxygens (including phenoxy) is 1. The van der Waals surface area contributed by atoms with Crippen LogP contribution in [0.3, 0.4) is 0 Å². The van der Waals surface area contributed by atoms with Gasteiger partial charge in [-0.1, -0.05) is 38.7 Å². The lowest BCUT2D eigenvalue weighted by molar-refractivity contribution is -0.148. The zero-order valence-corrected chi connectivity index (χ0v) is 20.0. The Balaban J connectivity index is 1.34. The second kappa shape index (κ2) is 12.9. The molecule has 1 amide bonds. The van der Waals surface area contributed by atoms with Gasteiger partial charge < -0.3 is 15.4 Å². The zero-order valence-electron chi connectivity index (χ0n) is 20.0. The van der Waals surface area contributed by atoms with Crippen LogP contribution in [0.25, 0.3) is 0 Å². The minimum absolute atomic E-state index is 0.0781. The Morgan fingerprint density at radius 2 is 1.94 bits per heavy atom. The van der Waals surface area contributed by atoms with E-state index in [1.54, 1.807) is 6.92 Å². The number of esters is 1. The van der Waals surface area contributed by atoms with Gasteiger partial charge in [-0.25, -0.2) is 4.79 Å². The third kappa shape index (κ3) is 7.29. The molecule has 1 saturated heterocycles. The Bertz CT molecular complexity index is 752. The molecular weight excluding hydrogens is 402 g/mol. The first kappa shape index (κ1) is 24.7. The molecule has 1 fully saturated rings. The molecule has 6 heteroatoms. The number of amides is 1. The fraction of sp³-hybridized carbons (Fsp3) is 0.731. The van der Waals surface area contributed by atoms with Gasteiger partial charge in [-0.05, 0) is 82.4 Å². The number of nitrogens with one attached hydrogen (secondary N) is 2. The number of nitrogens with zero attached hydrogens (tertiary/aromatic N) is 1. The van der Waals surface area contributed by atoms with Crippen LogP contribution >= 0.6 is 0 Å². The Hall–Kier alpha value is -1.95. The molecule has 0 saturated carbocycles. The molecule has 1 aliphatic heterocycles. The highest BCUT2D eigenvalue weighted by Crippen LogP contribution is 2.20. The quantitative estimate of drug-likeness (QED) is 0.378. The third-order valence-corrected chi connectivity index (χ3v) is 6.86. The molecule has 32 heavy (non-hydrogen) atoms. The highest BCUT2D eigenvalue weighted by Gasteiger charge is 2.32. The maximum absolute atomic E-state index is 12.6. The Morgan fingerprint density at radius 3 is 2.72 bits per heavy atom. The summed E-state index contributed by atoms with van der Waals surface area (Å²) in [6.45, 7) is 5.06. The second-order valence-corrected chi connectivity index (χ2v) is 9.43. The summed E-state index contributed by atoms with van der Waals surface area (Å²) >= 11 is 0. The summed E-state index contributed by atoms with van der Waals surface area (Å²) in [5, 5.41) is 6.17. The van der Waals surface area contributed by atoms with Gasteiger partial charge in [0.2, 0.25) is 5.91 Å². The molecule has 1 aliphatic carbocycles. The molecule has 0 aromatic carbocycles. The number of fused-ring (bicyclic) bond motifs is 1. The lowest BCUT2D eigenvalue weighted by atomic mass is 9.95. The van der Waals surface area contributed by atoms with Crippen LogP contribution in [0.5, 0.6) is 0 Å². The Kier molecular flexibility index (Phi) is 9.97. The third-order valence-electron chi connectivity index (χ3n) is 6.86. The van der Waals surface area contributed by atoms with Gasteiger partial charge in [0, 0.05) is 11.4 Å². The first-order valence-corrected chi connectivity index (χ1v) is 12.8. The fourth-order valence-electron chi connectivity index (χ4n) is 4.89. The van der Waals surface area contributed by atoms with Crippen molar-refractivity contribution in [2.75, 3.05) is 13.2 Å². The number of unbranched alkanes of at least 4 members (excludes halogenated alkanes) is 4. The summed E-state index contributed by atoms with van der Waals surface area (Å²) in [5.41, 5.74) is 4.00. The molecule has 0 bridgehead atoms. The molecule has 3 atom stereocenters. The van der Waals surface area contributed by atoms with Gasteiger partial charge in [-0.3, -0.25) is 9.78 Å². The largest absolute Gasteiger partial charge is 0.464 e. The molecule has 178 valence electrons. The van der Waals surface area contributed by atoms with Gasteiger partial charge in [0.1, 0.15) is 6.04 Å². The summed E-state index contributed by atoms with van der Waals surface area (Å²) in [6.07, 6.45) is 13.0. The van der Waals surface area contributed by atoms with Gasteiger partial charge >= 0.3 is 5.97 Å². The van der Waals surface area contributed by atoms with Crippen LogP contribution < -0.4 is 10.6 Å². The van der Waals surface area contributed by atoms with Crippen molar-refractivity contribution < 1.29 is 14.3 Å². The summed E-state index contributed by atoms with van der Waals surface area (Å²) in [6, 6.07) is 3.74. The first-order chi connectivity index (χ1) is 15.6. The standard InChI is InChI=1S/C26H41N3O3/c1-3-32-26(31)23(29-25(30)24-19(2)17-18-27-24)14-8-6-4-5-7-12-21-16-15-20-11-9-10-13-22(20)28-21/h15-16,19,23-24,27H,3-14,17-18H2,1-2H3,(H,29,30)/t19-,23-,24-/m0/s1. The van der Waals surface area contributed by atoms with E-state index in [0.29, 0.717) is 18.9 Å². The lowest BCUT2D eigenvalue weighted by Crippen LogP contribution is -2.50. The van der Waals surface area contributed by atoms with Crippen molar-refractivity contribution in [3.63, 3.8) is 0 Å². The number of pyridine rings is 1. The maximum Gasteiger partial charge on any atom is 0.328 e. The normalized spacial score (nSPS) is 21.1. The molecule has 3 rings (SSSR count). The van der Waals surface area contributed by atoms with E-state index in [9.17, 15) is 9.59 Å². The number of rotatable bonds is 12. The van der Waals surface area contributed by atoms with Crippen molar-refractivity contribution in [3.05, 3.63) is 29.1 Å². The van der Waals surface area contributed by atoms with Crippen LogP contribution in [0.4, 0.5) is 0 Å². The van der Waals surface area contributed by atoms with Crippen LogP contribution in [-0.4, -0.2) is 42.1 Å². The van der Waals surface area contributed by atoms with Gasteiger partial charge in [-0.2, -0.15) is 0 Å². The molecule has 0 unspecified atom stereocenters. The van der Waals surface area contributed by atoms with E-state index in [1.165, 1.54) is 42.6 Å². The molecule has 2 N–H and O–H groups in total. The van der Waals surface area contributed by atoms with Crippen molar-refractivity contribution >= 4 is 11.9 Å². The Morgan fingerprint density at radius 1 is 1.16 bits per heavy atom. The fourth-order valence-corrected chi connectivity index (χ4v) is 4.89. The first-order valence-electron chi connectivity index (χ1n) is 12.8. The number of aromatic nitrogens is 1. The Labute approximate surface area is 193 Å². The van der Waals surface area contributed by atoms with E-state index >= 15 is 0 Å². The molecule has 0 spiro atoms. The van der Waals surface area contributed by atoms with Crippen LogP contribution in [0.15, 0.2) is 12.1 Å². The average Bonchev–Trinajstić information content (AvgIpc) is 3.23. The highest BCUT2D eigenvalue weighted by atomic mass is 16.5. The predicted molar refractivity (Wildman–Crippen MR) is 126 cm³/mol. The topological polar surface area (TPSA) is 80.3 Å². The molecule has 6 nitrogen and oxygen atoms in total. The summed E-state index contributed by atoms with van der Waals surface area (Å²) in [4.78, 5) is 29.8. The molecule has 2 heterocycles. The highest BCUT2D eigenvalue weighted by molar-refractivity contribution is 5.87. The van der Waals surface area contributed by atoms with Crippen molar-refractivity contribution in [1.82, 2.24) is 15.6 Å². The maximum atomic E-state index is 12.6. The molecule has 1 aromatic rings. The van der Waals surface area contributed by atoms with Crippen molar-refractivity contribution in [1.29, 1.82) is 0 Å². The van der Waals surface area contributed by atoms with E-state index in [1.807, 2.05) is 0 Å². The number of carbonyl (C=O) groups excluding carboxylic acids is 2. The van der Waals surface area contributed by atoms with E-state index in [-0.39, 0.29) is 17.9 Å². The van der Waals surface area contributed by atoms with Crippen molar-refractivity contribution in [2.45, 2.75) is 103 Å². The minimum Gasteiger partial charge on any atom is -0.464 e. The predicted octanol–water partition coefficient (Wildman–Crippen LogP) is 3.89. The summed E-state index contributed by atoms with van der Waals surface area (Å²) in [5.74, 6) is -0.0990. The van der Waals surface area contributed by atoms with E-state index in [0.717, 1.165) is 51.5 Å². The van der Waals surface area contributed by atoms with Gasteiger partial charge in [-0.15, -0.1) is 0 Å². The molecule has 1 aromatic heterocycles. The summed E-state index contributed by atoms with van der Waals surface area (Å²) < 4.78 is 5.20. The minimum atomic E-state index is -0.545. The van der Waals surface area contributed by atoms with Crippen molar-refractivity contribution in [2.24, 2.45) is 5.92 Å². The number of aryl methyl sites for hydroxylation is 3. The molecular formula is C26H41N3O3.